The molecule has 0 radical (unpaired) electrons. The van der Waals surface area contributed by atoms with Gasteiger partial charge in [0.25, 0.3) is 5.69 Å². The van der Waals surface area contributed by atoms with Crippen molar-refractivity contribution in [3.8, 4) is 0 Å². The van der Waals surface area contributed by atoms with Crippen LogP contribution in [-0.2, 0) is 22.7 Å². The van der Waals surface area contributed by atoms with E-state index in [2.05, 4.69) is 20.9 Å². The number of aliphatic carboxylic acids is 2. The third kappa shape index (κ3) is 7.64. The van der Waals surface area contributed by atoms with Gasteiger partial charge in [-0.15, -0.1) is 0 Å². The number of benzene rings is 1. The van der Waals surface area contributed by atoms with Gasteiger partial charge in [0.05, 0.1) is 10.6 Å². The van der Waals surface area contributed by atoms with Gasteiger partial charge in [-0.25, -0.2) is 9.59 Å². The van der Waals surface area contributed by atoms with E-state index >= 15 is 0 Å². The highest BCUT2D eigenvalue weighted by Crippen LogP contribution is 2.15. The summed E-state index contributed by atoms with van der Waals surface area (Å²) < 4.78 is 0. The van der Waals surface area contributed by atoms with Crippen LogP contribution in [0.3, 0.4) is 0 Å². The number of hydrogen-bond donors (Lipinski definition) is 2. The van der Waals surface area contributed by atoms with Crippen molar-refractivity contribution in [3.63, 3.8) is 0 Å². The number of aromatic nitrogens is 1. The van der Waals surface area contributed by atoms with Crippen LogP contribution >= 0.6 is 0 Å². The number of piperazine rings is 1. The maximum absolute atomic E-state index is 10.7. The molecule has 0 saturated carbocycles. The first-order valence-corrected chi connectivity index (χ1v) is 8.89. The van der Waals surface area contributed by atoms with Crippen molar-refractivity contribution < 1.29 is 24.7 Å². The summed E-state index contributed by atoms with van der Waals surface area (Å²) >= 11 is 0. The number of non-ortho nitro benzene ring substituents is 1. The normalized spacial score (nSPS) is 14.5. The van der Waals surface area contributed by atoms with Gasteiger partial charge in [-0.1, -0.05) is 18.2 Å². The fraction of sp³-hybridized carbons (Fsp3) is 0.316. The highest BCUT2D eigenvalue weighted by Gasteiger charge is 2.17. The van der Waals surface area contributed by atoms with Crippen LogP contribution in [0.4, 0.5) is 5.69 Å². The summed E-state index contributed by atoms with van der Waals surface area (Å²) in [6, 6.07) is 12.9. The third-order valence-electron chi connectivity index (χ3n) is 4.31. The van der Waals surface area contributed by atoms with Crippen molar-refractivity contribution in [1.82, 2.24) is 14.8 Å². The Bertz CT molecular complexity index is 808. The van der Waals surface area contributed by atoms with Crippen molar-refractivity contribution in [3.05, 3.63) is 70.0 Å². The molecule has 0 spiro atoms. The van der Waals surface area contributed by atoms with Gasteiger partial charge in [0.1, 0.15) is 0 Å². The largest absolute Gasteiger partial charge is 0.473 e. The summed E-state index contributed by atoms with van der Waals surface area (Å²) in [7, 11) is 0. The fourth-order valence-electron chi connectivity index (χ4n) is 2.81. The molecule has 1 aliphatic heterocycles. The van der Waals surface area contributed by atoms with E-state index in [0.29, 0.717) is 0 Å². The van der Waals surface area contributed by atoms with Gasteiger partial charge in [-0.2, -0.15) is 0 Å². The quantitative estimate of drug-likeness (QED) is 0.432. The lowest BCUT2D eigenvalue weighted by atomic mass is 10.2. The molecule has 1 aliphatic rings. The highest BCUT2D eigenvalue weighted by molar-refractivity contribution is 6.27. The summed E-state index contributed by atoms with van der Waals surface area (Å²) in [5, 5.41) is 25.5. The molecule has 2 aromatic rings. The first kappa shape index (κ1) is 21.9. The number of pyridine rings is 1. The zero-order chi connectivity index (χ0) is 21.2. The topological polar surface area (TPSA) is 137 Å². The van der Waals surface area contributed by atoms with Crippen LogP contribution in [0.15, 0.2) is 48.7 Å². The van der Waals surface area contributed by atoms with Crippen LogP contribution in [0, 0.1) is 10.1 Å². The molecule has 1 aromatic heterocycles. The number of hydrogen-bond acceptors (Lipinski definition) is 7. The van der Waals surface area contributed by atoms with E-state index in [1.54, 1.807) is 12.1 Å². The Morgan fingerprint density at radius 1 is 0.931 bits per heavy atom. The molecule has 1 fully saturated rings. The zero-order valence-corrected chi connectivity index (χ0v) is 15.7. The second kappa shape index (κ2) is 10.8. The lowest BCUT2D eigenvalue weighted by Gasteiger charge is -2.34. The van der Waals surface area contributed by atoms with Gasteiger partial charge in [0.15, 0.2) is 0 Å². The maximum Gasteiger partial charge on any atom is 0.414 e. The fourth-order valence-corrected chi connectivity index (χ4v) is 2.81. The molecule has 2 N–H and O–H groups in total. The number of rotatable bonds is 5. The Balaban J connectivity index is 0.000000438. The molecule has 0 aliphatic carbocycles. The Morgan fingerprint density at radius 3 is 1.93 bits per heavy atom. The summed E-state index contributed by atoms with van der Waals surface area (Å²) in [6.07, 6.45) is 1.83. The van der Waals surface area contributed by atoms with Gasteiger partial charge in [-0.3, -0.25) is 24.9 Å². The number of carboxylic acids is 2. The average Bonchev–Trinajstić information content (AvgIpc) is 2.71. The Hall–Kier alpha value is -3.37. The first-order valence-electron chi connectivity index (χ1n) is 8.89. The molecule has 29 heavy (non-hydrogen) atoms. The second-order valence-electron chi connectivity index (χ2n) is 6.41. The van der Waals surface area contributed by atoms with Crippen molar-refractivity contribution in [1.29, 1.82) is 0 Å². The van der Waals surface area contributed by atoms with E-state index in [0.717, 1.165) is 50.5 Å². The summed E-state index contributed by atoms with van der Waals surface area (Å²) in [4.78, 5) is 37.7. The molecule has 154 valence electrons. The Morgan fingerprint density at radius 2 is 1.48 bits per heavy atom. The van der Waals surface area contributed by atoms with Gasteiger partial charge in [-0.05, 0) is 17.7 Å². The van der Waals surface area contributed by atoms with Gasteiger partial charge >= 0.3 is 11.9 Å². The van der Waals surface area contributed by atoms with Crippen molar-refractivity contribution in [2.75, 3.05) is 26.2 Å². The number of carbonyl (C=O) groups is 2. The molecule has 2 heterocycles. The Kier molecular flexibility index (Phi) is 8.19. The monoisotopic (exact) mass is 402 g/mol. The minimum atomic E-state index is -1.82. The highest BCUT2D eigenvalue weighted by atomic mass is 16.6. The van der Waals surface area contributed by atoms with Crippen LogP contribution < -0.4 is 0 Å². The molecular formula is C19H22N4O6. The molecule has 1 saturated heterocycles. The number of nitrogens with zero attached hydrogens (tertiary/aromatic N) is 4. The van der Waals surface area contributed by atoms with Crippen LogP contribution in [0.2, 0.25) is 0 Å². The molecule has 3 rings (SSSR count). The first-order chi connectivity index (χ1) is 13.8. The van der Waals surface area contributed by atoms with E-state index in [1.807, 2.05) is 30.5 Å². The van der Waals surface area contributed by atoms with E-state index in [9.17, 15) is 10.1 Å². The third-order valence-corrected chi connectivity index (χ3v) is 4.31. The SMILES string of the molecule is O=C(O)C(=O)O.O=[N+]([O-])c1ccc(CN2CCN(Cc3ccccn3)CC2)cc1. The molecule has 1 aromatic carbocycles. The minimum absolute atomic E-state index is 0.147. The van der Waals surface area contributed by atoms with E-state index in [1.165, 1.54) is 0 Å². The number of nitro benzene ring substituents is 1. The van der Waals surface area contributed by atoms with Crippen LogP contribution in [0.25, 0.3) is 0 Å². The lowest BCUT2D eigenvalue weighted by molar-refractivity contribution is -0.384. The smallest absolute Gasteiger partial charge is 0.414 e. The lowest BCUT2D eigenvalue weighted by Crippen LogP contribution is -2.45. The van der Waals surface area contributed by atoms with E-state index < -0.39 is 11.9 Å². The average molecular weight is 402 g/mol. The molecule has 0 amide bonds. The van der Waals surface area contributed by atoms with E-state index in [4.69, 9.17) is 19.8 Å². The zero-order valence-electron chi connectivity index (χ0n) is 15.7. The predicted octanol–water partition coefficient (Wildman–Crippen LogP) is 1.46. The molecule has 0 unspecified atom stereocenters. The maximum atomic E-state index is 10.7. The molecule has 10 heteroatoms. The predicted molar refractivity (Wildman–Crippen MR) is 103 cm³/mol. The summed E-state index contributed by atoms with van der Waals surface area (Å²) in [5.41, 5.74) is 2.37. The molecule has 0 bridgehead atoms. The van der Waals surface area contributed by atoms with Gasteiger partial charge in [0.2, 0.25) is 0 Å². The minimum Gasteiger partial charge on any atom is -0.473 e. The van der Waals surface area contributed by atoms with Crippen molar-refractivity contribution >= 4 is 17.6 Å². The van der Waals surface area contributed by atoms with Crippen molar-refractivity contribution in [2.24, 2.45) is 0 Å². The summed E-state index contributed by atoms with van der Waals surface area (Å²) in [5.74, 6) is -3.65. The van der Waals surface area contributed by atoms with E-state index in [-0.39, 0.29) is 10.6 Å². The van der Waals surface area contributed by atoms with Crippen LogP contribution in [0.1, 0.15) is 11.3 Å². The number of carboxylic acid groups (broad SMARTS) is 2. The molecule has 0 atom stereocenters. The van der Waals surface area contributed by atoms with Gasteiger partial charge < -0.3 is 10.2 Å². The molecular weight excluding hydrogens is 380 g/mol. The second-order valence-corrected chi connectivity index (χ2v) is 6.41. The summed E-state index contributed by atoms with van der Waals surface area (Å²) in [6.45, 7) is 5.78. The van der Waals surface area contributed by atoms with Crippen LogP contribution in [0.5, 0.6) is 0 Å². The van der Waals surface area contributed by atoms with Crippen LogP contribution in [-0.4, -0.2) is 68.0 Å². The van der Waals surface area contributed by atoms with Gasteiger partial charge in [0, 0.05) is 57.6 Å². The molecule has 10 nitrogen and oxygen atoms in total. The standard InChI is InChI=1S/C17H20N4O2.C2H2O4/c22-21(23)17-6-4-15(5-7-17)13-19-9-11-20(12-10-19)14-16-3-1-2-8-18-16;3-1(4)2(5)6/h1-8H,9-14H2;(H,3,4)(H,5,6). The Labute approximate surface area is 167 Å². The van der Waals surface area contributed by atoms with Crippen molar-refractivity contribution in [2.45, 2.75) is 13.1 Å². The number of nitro groups is 1.